The van der Waals surface area contributed by atoms with Crippen molar-refractivity contribution < 1.29 is 0 Å². The van der Waals surface area contributed by atoms with E-state index in [-0.39, 0.29) is 0 Å². The number of rotatable bonds is 2. The molecular formula is C15H22N2. The maximum atomic E-state index is 5.85. The molecular weight excluding hydrogens is 208 g/mol. The quantitative estimate of drug-likeness (QED) is 0.844. The van der Waals surface area contributed by atoms with Crippen molar-refractivity contribution in [3.8, 4) is 0 Å². The molecule has 0 spiro atoms. The molecule has 1 aromatic carbocycles. The molecule has 1 heterocycles. The van der Waals surface area contributed by atoms with Crippen molar-refractivity contribution in [2.75, 3.05) is 6.54 Å². The van der Waals surface area contributed by atoms with Crippen LogP contribution in [0.15, 0.2) is 12.1 Å². The number of nitrogens with two attached hydrogens (primary N) is 1. The first-order valence-electron chi connectivity index (χ1n) is 6.24. The average Bonchev–Trinajstić information content (AvgIpc) is 2.58. The topological polar surface area (TPSA) is 30.9 Å². The van der Waals surface area contributed by atoms with Crippen molar-refractivity contribution in [2.24, 2.45) is 12.8 Å². The Kier molecular flexibility index (Phi) is 3.00. The summed E-state index contributed by atoms with van der Waals surface area (Å²) in [6.07, 6.45) is 0. The van der Waals surface area contributed by atoms with Gasteiger partial charge in [-0.1, -0.05) is 19.1 Å². The molecule has 1 unspecified atom stereocenters. The standard InChI is InChI=1S/C15H22N2/c1-9-6-7-10(2)15-14(9)13(11(3)8-16)12(4)17(15)5/h6-7,11H,8,16H2,1-5H3. The van der Waals surface area contributed by atoms with Gasteiger partial charge in [-0.15, -0.1) is 0 Å². The monoisotopic (exact) mass is 230 g/mol. The summed E-state index contributed by atoms with van der Waals surface area (Å²) in [6, 6.07) is 4.41. The van der Waals surface area contributed by atoms with E-state index in [1.165, 1.54) is 33.3 Å². The second kappa shape index (κ2) is 4.19. The Morgan fingerprint density at radius 3 is 2.35 bits per heavy atom. The van der Waals surface area contributed by atoms with Crippen molar-refractivity contribution in [3.05, 3.63) is 34.5 Å². The number of hydrogen-bond acceptors (Lipinski definition) is 1. The highest BCUT2D eigenvalue weighted by atomic mass is 14.9. The summed E-state index contributed by atoms with van der Waals surface area (Å²) in [4.78, 5) is 0. The Hall–Kier alpha value is -1.28. The van der Waals surface area contributed by atoms with Crippen molar-refractivity contribution in [1.82, 2.24) is 4.57 Å². The zero-order chi connectivity index (χ0) is 12.7. The van der Waals surface area contributed by atoms with Gasteiger partial charge in [0.1, 0.15) is 0 Å². The molecule has 0 aliphatic rings. The molecule has 2 rings (SSSR count). The number of nitrogens with zero attached hydrogens (tertiary/aromatic N) is 1. The van der Waals surface area contributed by atoms with Gasteiger partial charge in [0.2, 0.25) is 0 Å². The molecule has 0 radical (unpaired) electrons. The maximum absolute atomic E-state index is 5.85. The van der Waals surface area contributed by atoms with E-state index in [0.717, 1.165) is 0 Å². The number of aromatic nitrogens is 1. The van der Waals surface area contributed by atoms with Gasteiger partial charge in [-0.05, 0) is 49.9 Å². The van der Waals surface area contributed by atoms with Gasteiger partial charge < -0.3 is 10.3 Å². The van der Waals surface area contributed by atoms with Gasteiger partial charge in [-0.2, -0.15) is 0 Å². The van der Waals surface area contributed by atoms with E-state index >= 15 is 0 Å². The molecule has 0 fully saturated rings. The molecule has 0 bridgehead atoms. The van der Waals surface area contributed by atoms with Crippen LogP contribution < -0.4 is 5.73 Å². The molecule has 0 aliphatic heterocycles. The minimum Gasteiger partial charge on any atom is -0.347 e. The largest absolute Gasteiger partial charge is 0.347 e. The third kappa shape index (κ3) is 1.67. The zero-order valence-corrected chi connectivity index (χ0v) is 11.5. The lowest BCUT2D eigenvalue weighted by Crippen LogP contribution is -2.10. The Bertz CT molecular complexity index is 564. The molecule has 2 heteroatoms. The Morgan fingerprint density at radius 2 is 1.76 bits per heavy atom. The summed E-state index contributed by atoms with van der Waals surface area (Å²) in [6.45, 7) is 9.48. The smallest absolute Gasteiger partial charge is 0.0515 e. The van der Waals surface area contributed by atoms with Crippen LogP contribution in [-0.4, -0.2) is 11.1 Å². The Labute approximate surface area is 103 Å². The highest BCUT2D eigenvalue weighted by molar-refractivity contribution is 5.91. The minimum atomic E-state index is 0.416. The summed E-state index contributed by atoms with van der Waals surface area (Å²) in [5.74, 6) is 0.416. The molecule has 2 N–H and O–H groups in total. The lowest BCUT2D eigenvalue weighted by Gasteiger charge is -2.10. The van der Waals surface area contributed by atoms with Crippen molar-refractivity contribution >= 4 is 10.9 Å². The predicted octanol–water partition coefficient (Wildman–Crippen LogP) is 3.17. The second-order valence-electron chi connectivity index (χ2n) is 5.12. The van der Waals surface area contributed by atoms with Gasteiger partial charge in [-0.25, -0.2) is 0 Å². The normalized spacial score (nSPS) is 13.3. The fraction of sp³-hybridized carbons (Fsp3) is 0.467. The lowest BCUT2D eigenvalue weighted by molar-refractivity contribution is 0.760. The van der Waals surface area contributed by atoms with Crippen LogP contribution in [0.3, 0.4) is 0 Å². The van der Waals surface area contributed by atoms with Crippen LogP contribution in [-0.2, 0) is 7.05 Å². The Balaban J connectivity index is 2.93. The molecule has 2 aromatic rings. The summed E-state index contributed by atoms with van der Waals surface area (Å²) < 4.78 is 2.30. The molecule has 0 aliphatic carbocycles. The SMILES string of the molecule is Cc1ccc(C)c2c1c(C(C)CN)c(C)n2C. The number of aryl methyl sites for hydroxylation is 3. The van der Waals surface area contributed by atoms with E-state index < -0.39 is 0 Å². The minimum absolute atomic E-state index is 0.416. The third-order valence-corrected chi connectivity index (χ3v) is 3.93. The van der Waals surface area contributed by atoms with Gasteiger partial charge in [0.25, 0.3) is 0 Å². The number of benzene rings is 1. The highest BCUT2D eigenvalue weighted by Gasteiger charge is 2.18. The molecule has 2 nitrogen and oxygen atoms in total. The molecule has 17 heavy (non-hydrogen) atoms. The van der Waals surface area contributed by atoms with Crippen molar-refractivity contribution in [1.29, 1.82) is 0 Å². The van der Waals surface area contributed by atoms with E-state index in [0.29, 0.717) is 12.5 Å². The first kappa shape index (κ1) is 12.2. The summed E-state index contributed by atoms with van der Waals surface area (Å²) in [7, 11) is 2.15. The number of hydrogen-bond donors (Lipinski definition) is 1. The van der Waals surface area contributed by atoms with Crippen LogP contribution in [0.2, 0.25) is 0 Å². The van der Waals surface area contributed by atoms with E-state index in [1.54, 1.807) is 0 Å². The summed E-state index contributed by atoms with van der Waals surface area (Å²) in [5, 5.41) is 1.41. The summed E-state index contributed by atoms with van der Waals surface area (Å²) in [5.41, 5.74) is 12.7. The van der Waals surface area contributed by atoms with Gasteiger partial charge in [0, 0.05) is 18.1 Å². The molecule has 0 amide bonds. The van der Waals surface area contributed by atoms with Crippen LogP contribution >= 0.6 is 0 Å². The molecule has 1 atom stereocenters. The van der Waals surface area contributed by atoms with E-state index in [4.69, 9.17) is 5.73 Å². The van der Waals surface area contributed by atoms with Gasteiger partial charge in [0.05, 0.1) is 5.52 Å². The first-order chi connectivity index (χ1) is 7.99. The maximum Gasteiger partial charge on any atom is 0.0515 e. The summed E-state index contributed by atoms with van der Waals surface area (Å²) >= 11 is 0. The molecule has 0 saturated carbocycles. The zero-order valence-electron chi connectivity index (χ0n) is 11.5. The van der Waals surface area contributed by atoms with Crippen LogP contribution in [0, 0.1) is 20.8 Å². The van der Waals surface area contributed by atoms with Crippen LogP contribution in [0.25, 0.3) is 10.9 Å². The fourth-order valence-electron chi connectivity index (χ4n) is 2.82. The van der Waals surface area contributed by atoms with E-state index in [9.17, 15) is 0 Å². The second-order valence-corrected chi connectivity index (χ2v) is 5.12. The average molecular weight is 230 g/mol. The highest BCUT2D eigenvalue weighted by Crippen LogP contribution is 2.34. The van der Waals surface area contributed by atoms with Gasteiger partial charge in [0.15, 0.2) is 0 Å². The van der Waals surface area contributed by atoms with Gasteiger partial charge >= 0.3 is 0 Å². The molecule has 92 valence electrons. The molecule has 0 saturated heterocycles. The van der Waals surface area contributed by atoms with Crippen LogP contribution in [0.5, 0.6) is 0 Å². The third-order valence-electron chi connectivity index (χ3n) is 3.93. The van der Waals surface area contributed by atoms with Crippen LogP contribution in [0.4, 0.5) is 0 Å². The van der Waals surface area contributed by atoms with Crippen molar-refractivity contribution in [3.63, 3.8) is 0 Å². The van der Waals surface area contributed by atoms with Crippen LogP contribution in [0.1, 0.15) is 35.2 Å². The molecule has 1 aromatic heterocycles. The van der Waals surface area contributed by atoms with Crippen molar-refractivity contribution in [2.45, 2.75) is 33.6 Å². The Morgan fingerprint density at radius 1 is 1.18 bits per heavy atom. The van der Waals surface area contributed by atoms with E-state index in [1.807, 2.05) is 0 Å². The van der Waals surface area contributed by atoms with Gasteiger partial charge in [-0.3, -0.25) is 0 Å². The predicted molar refractivity (Wildman–Crippen MR) is 74.6 cm³/mol. The lowest BCUT2D eigenvalue weighted by atomic mass is 9.94. The fourth-order valence-corrected chi connectivity index (χ4v) is 2.82. The first-order valence-corrected chi connectivity index (χ1v) is 6.24. The number of fused-ring (bicyclic) bond motifs is 1. The van der Waals surface area contributed by atoms with E-state index in [2.05, 4.69) is 51.4 Å².